The zero-order valence-corrected chi connectivity index (χ0v) is 12.2. The molecule has 2 N–H and O–H groups in total. The molecule has 3 aromatic rings. The van der Waals surface area contributed by atoms with Gasteiger partial charge in [-0.3, -0.25) is 0 Å². The zero-order chi connectivity index (χ0) is 14.9. The van der Waals surface area contributed by atoms with E-state index >= 15 is 0 Å². The predicted octanol–water partition coefficient (Wildman–Crippen LogP) is 3.13. The highest BCUT2D eigenvalue weighted by Crippen LogP contribution is 2.26. The van der Waals surface area contributed by atoms with Crippen molar-refractivity contribution in [3.63, 3.8) is 0 Å². The maximum absolute atomic E-state index is 12.6. The lowest BCUT2D eigenvalue weighted by molar-refractivity contribution is 0.596. The van der Waals surface area contributed by atoms with Crippen molar-refractivity contribution in [2.75, 3.05) is 0 Å². The smallest absolute Gasteiger partial charge is 0.206 e. The van der Waals surface area contributed by atoms with Gasteiger partial charge in [-0.25, -0.2) is 8.42 Å². The molecule has 0 saturated carbocycles. The van der Waals surface area contributed by atoms with Crippen molar-refractivity contribution < 1.29 is 8.42 Å². The first-order valence-corrected chi connectivity index (χ1v) is 8.13. The lowest BCUT2D eigenvalue weighted by Gasteiger charge is -2.08. The lowest BCUT2D eigenvalue weighted by Crippen LogP contribution is -2.03. The van der Waals surface area contributed by atoms with E-state index in [9.17, 15) is 8.42 Å². The second-order valence-electron chi connectivity index (χ2n) is 4.82. The second kappa shape index (κ2) is 5.31. The summed E-state index contributed by atoms with van der Waals surface area (Å²) in [6, 6.07) is 19.4. The van der Waals surface area contributed by atoms with Gasteiger partial charge in [-0.05, 0) is 40.6 Å². The van der Waals surface area contributed by atoms with Crippen LogP contribution in [0.4, 0.5) is 0 Å². The number of benzene rings is 3. The van der Waals surface area contributed by atoms with Crippen LogP contribution in [0.5, 0.6) is 0 Å². The Hall–Kier alpha value is -2.17. The Morgan fingerprint density at radius 2 is 1.57 bits per heavy atom. The Morgan fingerprint density at radius 1 is 0.810 bits per heavy atom. The summed E-state index contributed by atoms with van der Waals surface area (Å²) in [5.74, 6) is 0. The third kappa shape index (κ3) is 2.44. The molecule has 0 aromatic heterocycles. The van der Waals surface area contributed by atoms with Crippen molar-refractivity contribution in [3.8, 4) is 0 Å². The van der Waals surface area contributed by atoms with Crippen molar-refractivity contribution in [2.24, 2.45) is 5.73 Å². The van der Waals surface area contributed by atoms with Gasteiger partial charge in [0.2, 0.25) is 9.84 Å². The monoisotopic (exact) mass is 297 g/mol. The third-order valence-corrected chi connectivity index (χ3v) is 5.29. The Bertz CT molecular complexity index is 887. The van der Waals surface area contributed by atoms with E-state index in [0.717, 1.165) is 16.3 Å². The van der Waals surface area contributed by atoms with Crippen LogP contribution < -0.4 is 5.73 Å². The fourth-order valence-electron chi connectivity index (χ4n) is 2.40. The minimum absolute atomic E-state index is 0.294. The zero-order valence-electron chi connectivity index (χ0n) is 11.4. The number of hydrogen-bond acceptors (Lipinski definition) is 3. The van der Waals surface area contributed by atoms with Crippen LogP contribution in [0.1, 0.15) is 5.56 Å². The summed E-state index contributed by atoms with van der Waals surface area (Å²) in [5, 5.41) is 1.88. The molecule has 0 radical (unpaired) electrons. The maximum Gasteiger partial charge on any atom is 0.206 e. The van der Waals surface area contributed by atoms with E-state index in [2.05, 4.69) is 0 Å². The first-order chi connectivity index (χ1) is 10.1. The van der Waals surface area contributed by atoms with Gasteiger partial charge in [0.05, 0.1) is 9.79 Å². The predicted molar refractivity (Wildman–Crippen MR) is 83.7 cm³/mol. The summed E-state index contributed by atoms with van der Waals surface area (Å²) >= 11 is 0. The minimum atomic E-state index is -3.50. The fourth-order valence-corrected chi connectivity index (χ4v) is 3.71. The van der Waals surface area contributed by atoms with Crippen LogP contribution in [0.15, 0.2) is 76.5 Å². The molecule has 3 nitrogen and oxygen atoms in total. The molecule has 0 heterocycles. The highest BCUT2D eigenvalue weighted by molar-refractivity contribution is 7.91. The number of fused-ring (bicyclic) bond motifs is 1. The van der Waals surface area contributed by atoms with Crippen molar-refractivity contribution in [2.45, 2.75) is 16.3 Å². The van der Waals surface area contributed by atoms with Crippen LogP contribution in [-0.4, -0.2) is 8.42 Å². The van der Waals surface area contributed by atoms with Gasteiger partial charge in [0.15, 0.2) is 0 Å². The van der Waals surface area contributed by atoms with Gasteiger partial charge in [0, 0.05) is 6.54 Å². The Balaban J connectivity index is 2.22. The summed E-state index contributed by atoms with van der Waals surface area (Å²) < 4.78 is 25.3. The summed E-state index contributed by atoms with van der Waals surface area (Å²) in [6.45, 7) is 0.381. The molecule has 0 bridgehead atoms. The van der Waals surface area contributed by atoms with Crippen molar-refractivity contribution in [1.82, 2.24) is 0 Å². The van der Waals surface area contributed by atoms with Gasteiger partial charge >= 0.3 is 0 Å². The number of hydrogen-bond donors (Lipinski definition) is 1. The van der Waals surface area contributed by atoms with Crippen LogP contribution in [0.2, 0.25) is 0 Å². The van der Waals surface area contributed by atoms with E-state index in [1.165, 1.54) is 0 Å². The Morgan fingerprint density at radius 3 is 2.29 bits per heavy atom. The van der Waals surface area contributed by atoms with E-state index in [4.69, 9.17) is 5.73 Å². The van der Waals surface area contributed by atoms with Gasteiger partial charge < -0.3 is 5.73 Å². The van der Waals surface area contributed by atoms with E-state index in [-0.39, 0.29) is 0 Å². The van der Waals surface area contributed by atoms with Crippen molar-refractivity contribution in [1.29, 1.82) is 0 Å². The molecule has 106 valence electrons. The molecule has 0 fully saturated rings. The summed E-state index contributed by atoms with van der Waals surface area (Å²) in [7, 11) is -3.50. The van der Waals surface area contributed by atoms with E-state index in [1.54, 1.807) is 42.5 Å². The largest absolute Gasteiger partial charge is 0.326 e. The van der Waals surface area contributed by atoms with Gasteiger partial charge in [0.1, 0.15) is 0 Å². The Kier molecular flexibility index (Phi) is 3.49. The molecule has 4 heteroatoms. The molecule has 0 atom stereocenters. The quantitative estimate of drug-likeness (QED) is 0.808. The van der Waals surface area contributed by atoms with Crippen LogP contribution >= 0.6 is 0 Å². The van der Waals surface area contributed by atoms with Crippen molar-refractivity contribution in [3.05, 3.63) is 72.3 Å². The maximum atomic E-state index is 12.6. The first-order valence-electron chi connectivity index (χ1n) is 6.65. The summed E-state index contributed by atoms with van der Waals surface area (Å²) in [6.07, 6.45) is 0. The highest BCUT2D eigenvalue weighted by atomic mass is 32.2. The number of nitrogens with two attached hydrogens (primary N) is 1. The van der Waals surface area contributed by atoms with Gasteiger partial charge in [-0.2, -0.15) is 0 Å². The average molecular weight is 297 g/mol. The number of rotatable bonds is 3. The molecule has 3 aromatic carbocycles. The average Bonchev–Trinajstić information content (AvgIpc) is 2.54. The summed E-state index contributed by atoms with van der Waals surface area (Å²) in [4.78, 5) is 0.594. The first kappa shape index (κ1) is 13.8. The SMILES string of the molecule is NCc1cccc2ccc(S(=O)(=O)c3ccccc3)cc12. The minimum Gasteiger partial charge on any atom is -0.326 e. The number of sulfone groups is 1. The normalized spacial score (nSPS) is 11.7. The van der Waals surface area contributed by atoms with Crippen molar-refractivity contribution >= 4 is 20.6 Å². The van der Waals surface area contributed by atoms with Gasteiger partial charge in [-0.15, -0.1) is 0 Å². The van der Waals surface area contributed by atoms with E-state index in [0.29, 0.717) is 16.3 Å². The highest BCUT2D eigenvalue weighted by Gasteiger charge is 2.17. The van der Waals surface area contributed by atoms with Crippen LogP contribution in [0.25, 0.3) is 10.8 Å². The van der Waals surface area contributed by atoms with Gasteiger partial charge in [0.25, 0.3) is 0 Å². The molecular formula is C17H15NO2S. The molecule has 21 heavy (non-hydrogen) atoms. The molecule has 0 amide bonds. The Labute approximate surface area is 124 Å². The molecule has 0 saturated heterocycles. The third-order valence-electron chi connectivity index (χ3n) is 3.53. The molecule has 0 aliphatic heterocycles. The molecule has 0 unspecified atom stereocenters. The standard InChI is InChI=1S/C17H15NO2S/c18-12-14-6-4-5-13-9-10-16(11-17(13)14)21(19,20)15-7-2-1-3-8-15/h1-11H,12,18H2. The van der Waals surface area contributed by atoms with Gasteiger partial charge in [-0.1, -0.05) is 42.5 Å². The summed E-state index contributed by atoms with van der Waals surface area (Å²) in [5.41, 5.74) is 6.68. The fraction of sp³-hybridized carbons (Fsp3) is 0.0588. The molecular weight excluding hydrogens is 282 g/mol. The lowest BCUT2D eigenvalue weighted by atomic mass is 10.1. The topological polar surface area (TPSA) is 60.2 Å². The molecule has 0 aliphatic rings. The molecule has 3 rings (SSSR count). The van der Waals surface area contributed by atoms with E-state index in [1.807, 2.05) is 24.3 Å². The molecule has 0 spiro atoms. The van der Waals surface area contributed by atoms with Crippen LogP contribution in [0, 0.1) is 0 Å². The van der Waals surface area contributed by atoms with E-state index < -0.39 is 9.84 Å². The molecule has 0 aliphatic carbocycles. The van der Waals surface area contributed by atoms with Crippen LogP contribution in [0.3, 0.4) is 0 Å². The van der Waals surface area contributed by atoms with Crippen LogP contribution in [-0.2, 0) is 16.4 Å². The second-order valence-corrected chi connectivity index (χ2v) is 6.77.